The smallest absolute Gasteiger partial charge is 0.420 e. The molecule has 0 fully saturated rings. The van der Waals surface area contributed by atoms with Crippen molar-refractivity contribution in [3.63, 3.8) is 0 Å². The normalized spacial score (nSPS) is 17.6. The third-order valence-corrected chi connectivity index (χ3v) is 3.36. The highest BCUT2D eigenvalue weighted by molar-refractivity contribution is 5.55. The fourth-order valence-corrected chi connectivity index (χ4v) is 2.44. The minimum atomic E-state index is -4.65. The van der Waals surface area contributed by atoms with E-state index in [1.807, 2.05) is 11.2 Å². The van der Waals surface area contributed by atoms with Crippen LogP contribution in [-0.4, -0.2) is 10.2 Å². The average Bonchev–Trinajstić information content (AvgIpc) is 2.90. The number of aromatic amines is 1. The third kappa shape index (κ3) is 2.07. The Balaban J connectivity index is 2.27. The molecule has 0 saturated heterocycles. The van der Waals surface area contributed by atoms with Gasteiger partial charge in [-0.15, -0.1) is 5.10 Å². The highest BCUT2D eigenvalue weighted by Gasteiger charge is 2.44. The monoisotopic (exact) mass is 306 g/mol. The fraction of sp³-hybridized carbons (Fsp3) is 0.143. The van der Waals surface area contributed by atoms with Crippen molar-refractivity contribution in [1.29, 1.82) is 5.26 Å². The molecule has 0 saturated carbocycles. The second-order valence-electron chi connectivity index (χ2n) is 4.65. The van der Waals surface area contributed by atoms with Gasteiger partial charge in [-0.2, -0.15) is 18.4 Å². The largest absolute Gasteiger partial charge is 0.433 e. The maximum atomic E-state index is 13.2. The van der Waals surface area contributed by atoms with Crippen LogP contribution in [0.15, 0.2) is 41.8 Å². The Morgan fingerprint density at radius 2 is 1.95 bits per heavy atom. The minimum Gasteiger partial charge on any atom is -0.420 e. The molecule has 1 aliphatic rings. The summed E-state index contributed by atoms with van der Waals surface area (Å²) in [6.45, 7) is 0. The molecule has 1 atom stereocenters. The van der Waals surface area contributed by atoms with E-state index in [1.54, 1.807) is 30.3 Å². The van der Waals surface area contributed by atoms with Gasteiger partial charge in [0.15, 0.2) is 0 Å². The Bertz CT molecular complexity index is 787. The third-order valence-electron chi connectivity index (χ3n) is 3.36. The Kier molecular flexibility index (Phi) is 3.06. The van der Waals surface area contributed by atoms with Crippen molar-refractivity contribution in [2.75, 3.05) is 0 Å². The van der Waals surface area contributed by atoms with Crippen molar-refractivity contribution in [2.24, 2.45) is 5.73 Å². The van der Waals surface area contributed by atoms with E-state index in [1.165, 1.54) is 0 Å². The summed E-state index contributed by atoms with van der Waals surface area (Å²) in [4.78, 5) is 0. The lowest BCUT2D eigenvalue weighted by Gasteiger charge is -2.24. The minimum absolute atomic E-state index is 0.0781. The van der Waals surface area contributed by atoms with E-state index in [-0.39, 0.29) is 22.9 Å². The Hall–Kier alpha value is -2.95. The van der Waals surface area contributed by atoms with E-state index in [9.17, 15) is 18.4 Å². The summed E-state index contributed by atoms with van der Waals surface area (Å²) in [5.74, 6) is -1.49. The molecule has 112 valence electrons. The number of H-pyrrole nitrogens is 1. The molecule has 0 amide bonds. The Morgan fingerprint density at radius 1 is 1.27 bits per heavy atom. The molecule has 0 bridgehead atoms. The maximum Gasteiger partial charge on any atom is 0.433 e. The van der Waals surface area contributed by atoms with Gasteiger partial charge in [-0.3, -0.25) is 5.10 Å². The zero-order valence-corrected chi connectivity index (χ0v) is 11.0. The van der Waals surface area contributed by atoms with Crippen molar-refractivity contribution in [2.45, 2.75) is 12.1 Å². The molecule has 2 aromatic rings. The van der Waals surface area contributed by atoms with E-state index in [4.69, 9.17) is 10.5 Å². The van der Waals surface area contributed by atoms with E-state index in [0.717, 1.165) is 0 Å². The molecule has 0 radical (unpaired) electrons. The average molecular weight is 306 g/mol. The van der Waals surface area contributed by atoms with E-state index >= 15 is 0 Å². The number of nitrogens with one attached hydrogen (secondary N) is 1. The Labute approximate surface area is 122 Å². The Morgan fingerprint density at radius 3 is 2.55 bits per heavy atom. The molecule has 0 aliphatic carbocycles. The van der Waals surface area contributed by atoms with Crippen LogP contribution < -0.4 is 10.5 Å². The molecule has 3 rings (SSSR count). The number of rotatable bonds is 1. The SMILES string of the molecule is N#CC1=C(N)Oc2n[nH]c(C(F)(F)F)c2[C@@H]1c1ccccc1. The number of halogens is 3. The van der Waals surface area contributed by atoms with Crippen LogP contribution in [0, 0.1) is 11.3 Å². The second kappa shape index (κ2) is 4.80. The molecule has 1 aromatic heterocycles. The van der Waals surface area contributed by atoms with Gasteiger partial charge in [0, 0.05) is 0 Å². The number of alkyl halides is 3. The van der Waals surface area contributed by atoms with Crippen molar-refractivity contribution >= 4 is 0 Å². The lowest BCUT2D eigenvalue weighted by molar-refractivity contribution is -0.141. The van der Waals surface area contributed by atoms with E-state index < -0.39 is 17.8 Å². The molecule has 5 nitrogen and oxygen atoms in total. The summed E-state index contributed by atoms with van der Waals surface area (Å²) in [6.07, 6.45) is -4.65. The number of ether oxygens (including phenoxy) is 1. The van der Waals surface area contributed by atoms with Crippen LogP contribution in [0.2, 0.25) is 0 Å². The topological polar surface area (TPSA) is 87.7 Å². The molecule has 22 heavy (non-hydrogen) atoms. The van der Waals surface area contributed by atoms with Crippen LogP contribution in [0.3, 0.4) is 0 Å². The first kappa shape index (κ1) is 14.0. The van der Waals surface area contributed by atoms with Gasteiger partial charge in [-0.1, -0.05) is 30.3 Å². The summed E-state index contributed by atoms with van der Waals surface area (Å²) >= 11 is 0. The van der Waals surface area contributed by atoms with Crippen LogP contribution in [0.4, 0.5) is 13.2 Å². The van der Waals surface area contributed by atoms with Gasteiger partial charge in [0.25, 0.3) is 0 Å². The molecule has 1 aliphatic heterocycles. The first-order valence-corrected chi connectivity index (χ1v) is 6.21. The van der Waals surface area contributed by atoms with Gasteiger partial charge in [-0.25, -0.2) is 0 Å². The summed E-state index contributed by atoms with van der Waals surface area (Å²) in [7, 11) is 0. The first-order valence-electron chi connectivity index (χ1n) is 6.21. The number of nitrogens with two attached hydrogens (primary N) is 1. The van der Waals surface area contributed by atoms with Gasteiger partial charge in [0.05, 0.1) is 11.5 Å². The zero-order valence-electron chi connectivity index (χ0n) is 11.0. The highest BCUT2D eigenvalue weighted by atomic mass is 19.4. The molecule has 8 heteroatoms. The zero-order chi connectivity index (χ0) is 15.9. The van der Waals surface area contributed by atoms with Gasteiger partial charge in [0.2, 0.25) is 11.8 Å². The van der Waals surface area contributed by atoms with Gasteiger partial charge in [0.1, 0.15) is 17.3 Å². The van der Waals surface area contributed by atoms with Crippen molar-refractivity contribution in [3.05, 3.63) is 58.6 Å². The number of allylic oxidation sites excluding steroid dienone is 1. The number of nitrogens with zero attached hydrogens (tertiary/aromatic N) is 2. The first-order chi connectivity index (χ1) is 10.4. The fourth-order valence-electron chi connectivity index (χ4n) is 2.44. The number of aromatic nitrogens is 2. The van der Waals surface area contributed by atoms with Crippen LogP contribution in [-0.2, 0) is 6.18 Å². The predicted molar refractivity (Wildman–Crippen MR) is 69.3 cm³/mol. The van der Waals surface area contributed by atoms with Crippen LogP contribution in [0.5, 0.6) is 5.88 Å². The number of nitriles is 1. The van der Waals surface area contributed by atoms with Crippen molar-refractivity contribution in [3.8, 4) is 11.9 Å². The van der Waals surface area contributed by atoms with Crippen LogP contribution in [0.25, 0.3) is 0 Å². The molecular formula is C14H9F3N4O. The van der Waals surface area contributed by atoms with Crippen molar-refractivity contribution in [1.82, 2.24) is 10.2 Å². The molecule has 1 aromatic carbocycles. The second-order valence-corrected chi connectivity index (χ2v) is 4.65. The highest BCUT2D eigenvalue weighted by Crippen LogP contribution is 2.46. The lowest BCUT2D eigenvalue weighted by atomic mass is 9.84. The summed E-state index contributed by atoms with van der Waals surface area (Å²) in [5, 5.41) is 14.7. The van der Waals surface area contributed by atoms with Crippen LogP contribution >= 0.6 is 0 Å². The summed E-state index contributed by atoms with van der Waals surface area (Å²) < 4.78 is 44.6. The van der Waals surface area contributed by atoms with Crippen molar-refractivity contribution < 1.29 is 17.9 Å². The molecule has 3 N–H and O–H groups in total. The molecular weight excluding hydrogens is 297 g/mol. The van der Waals surface area contributed by atoms with Gasteiger partial charge >= 0.3 is 6.18 Å². The van der Waals surface area contributed by atoms with E-state index in [2.05, 4.69) is 5.10 Å². The van der Waals surface area contributed by atoms with Gasteiger partial charge in [-0.05, 0) is 5.56 Å². The van der Waals surface area contributed by atoms with Gasteiger partial charge < -0.3 is 10.5 Å². The van der Waals surface area contributed by atoms with E-state index in [0.29, 0.717) is 5.56 Å². The lowest BCUT2D eigenvalue weighted by Crippen LogP contribution is -2.22. The maximum absolute atomic E-state index is 13.2. The number of fused-ring (bicyclic) bond motifs is 1. The molecule has 0 unspecified atom stereocenters. The number of hydrogen-bond acceptors (Lipinski definition) is 4. The summed E-state index contributed by atoms with van der Waals surface area (Å²) in [5.41, 5.74) is 4.79. The quantitative estimate of drug-likeness (QED) is 0.848. The number of hydrogen-bond donors (Lipinski definition) is 2. The standard InChI is InChI=1S/C14H9F3N4O/c15-14(16,17)11-10-9(7-4-2-1-3-5-7)8(6-18)12(19)22-13(10)21-20-11/h1-5,9H,19H2,(H,20,21)/t9-/m1/s1. The molecule has 0 spiro atoms. The number of benzene rings is 1. The molecule has 2 heterocycles. The summed E-state index contributed by atoms with van der Waals surface area (Å²) in [6, 6.07) is 10.1. The predicted octanol–water partition coefficient (Wildman–Crippen LogP) is 2.65. The van der Waals surface area contributed by atoms with Crippen LogP contribution in [0.1, 0.15) is 22.7 Å².